The van der Waals surface area contributed by atoms with Crippen molar-refractivity contribution < 1.29 is 9.53 Å². The molecule has 0 aromatic heterocycles. The summed E-state index contributed by atoms with van der Waals surface area (Å²) >= 11 is 0. The molecule has 1 saturated heterocycles. The van der Waals surface area contributed by atoms with Crippen LogP contribution in [-0.2, 0) is 14.9 Å². The number of nitrogens with two attached hydrogens (primary N) is 1. The molecule has 0 spiro atoms. The Morgan fingerprint density at radius 3 is 2.42 bits per heavy atom. The third-order valence-corrected chi connectivity index (χ3v) is 5.07. The van der Waals surface area contributed by atoms with Crippen LogP contribution in [0.1, 0.15) is 45.6 Å². The average molecular weight is 355 g/mol. The average Bonchev–Trinajstić information content (AvgIpc) is 2.55. The first-order valence-corrected chi connectivity index (χ1v) is 8.54. The van der Waals surface area contributed by atoms with Crippen molar-refractivity contribution in [2.24, 2.45) is 11.1 Å². The number of amides is 1. The summed E-state index contributed by atoms with van der Waals surface area (Å²) in [6.07, 6.45) is 2.31. The predicted octanol–water partition coefficient (Wildman–Crippen LogP) is 3.04. The molecule has 1 unspecified atom stereocenters. The molecule has 136 valence electrons. The van der Waals surface area contributed by atoms with E-state index in [9.17, 15) is 4.79 Å². The Morgan fingerprint density at radius 1 is 1.29 bits per heavy atom. The summed E-state index contributed by atoms with van der Waals surface area (Å²) in [6.45, 7) is 8.14. The highest BCUT2D eigenvalue weighted by atomic mass is 35.5. The van der Waals surface area contributed by atoms with Crippen molar-refractivity contribution in [3.63, 3.8) is 0 Å². The third kappa shape index (κ3) is 4.95. The van der Waals surface area contributed by atoms with Crippen molar-refractivity contribution in [2.45, 2.75) is 51.5 Å². The number of halogens is 1. The molecule has 5 heteroatoms. The molecule has 1 aliphatic heterocycles. The van der Waals surface area contributed by atoms with E-state index in [0.717, 1.165) is 6.42 Å². The minimum atomic E-state index is -0.455. The molecule has 0 bridgehead atoms. The summed E-state index contributed by atoms with van der Waals surface area (Å²) in [5.41, 5.74) is 6.77. The van der Waals surface area contributed by atoms with Crippen LogP contribution in [-0.4, -0.2) is 31.7 Å². The monoisotopic (exact) mass is 354 g/mol. The summed E-state index contributed by atoms with van der Waals surface area (Å²) in [5.74, 6) is 0.0830. The summed E-state index contributed by atoms with van der Waals surface area (Å²) in [4.78, 5) is 12.7. The molecule has 2 rings (SSSR count). The smallest absolute Gasteiger partial charge is 0.227 e. The van der Waals surface area contributed by atoms with Crippen molar-refractivity contribution in [2.75, 3.05) is 19.8 Å². The van der Waals surface area contributed by atoms with Gasteiger partial charge in [-0.2, -0.15) is 0 Å². The Morgan fingerprint density at radius 2 is 1.88 bits per heavy atom. The number of hydrogen-bond donors (Lipinski definition) is 2. The van der Waals surface area contributed by atoms with E-state index in [0.29, 0.717) is 32.6 Å². The first kappa shape index (κ1) is 20.9. The number of nitrogens with one attached hydrogen (secondary N) is 1. The normalized spacial score (nSPS) is 18.3. The van der Waals surface area contributed by atoms with Crippen LogP contribution in [0.15, 0.2) is 30.3 Å². The first-order valence-electron chi connectivity index (χ1n) is 8.54. The molecule has 1 amide bonds. The number of hydrogen-bond acceptors (Lipinski definition) is 3. The van der Waals surface area contributed by atoms with Gasteiger partial charge in [0.1, 0.15) is 0 Å². The van der Waals surface area contributed by atoms with Gasteiger partial charge < -0.3 is 15.8 Å². The molecule has 0 aliphatic carbocycles. The molecule has 1 aromatic carbocycles. The standard InChI is InChI=1S/C19H30N2O2.ClH/c1-15(13-18(2,3)16-7-5-4-6-8-16)21-17(22)19(14-20)9-11-23-12-10-19;/h4-8,15H,9-14,20H2,1-3H3,(H,21,22);1H. The second kappa shape index (κ2) is 8.84. The highest BCUT2D eigenvalue weighted by Crippen LogP contribution is 2.31. The van der Waals surface area contributed by atoms with Gasteiger partial charge in [0.05, 0.1) is 5.41 Å². The SMILES string of the molecule is CC(CC(C)(C)c1ccccc1)NC(=O)C1(CN)CCOCC1.Cl. The summed E-state index contributed by atoms with van der Waals surface area (Å²) in [6, 6.07) is 10.5. The lowest BCUT2D eigenvalue weighted by atomic mass is 9.77. The zero-order valence-electron chi connectivity index (χ0n) is 15.0. The van der Waals surface area contributed by atoms with E-state index < -0.39 is 5.41 Å². The Hall–Kier alpha value is -1.10. The van der Waals surface area contributed by atoms with Crippen molar-refractivity contribution in [3.8, 4) is 0 Å². The van der Waals surface area contributed by atoms with Gasteiger partial charge in [0.15, 0.2) is 0 Å². The Bertz CT molecular complexity index is 513. The molecule has 1 fully saturated rings. The van der Waals surface area contributed by atoms with Crippen LogP contribution in [0.25, 0.3) is 0 Å². The fraction of sp³-hybridized carbons (Fsp3) is 0.632. The van der Waals surface area contributed by atoms with Gasteiger partial charge in [0.2, 0.25) is 5.91 Å². The van der Waals surface area contributed by atoms with Crippen LogP contribution in [0.4, 0.5) is 0 Å². The van der Waals surface area contributed by atoms with Crippen LogP contribution >= 0.6 is 12.4 Å². The maximum absolute atomic E-state index is 12.7. The molecule has 4 nitrogen and oxygen atoms in total. The van der Waals surface area contributed by atoms with E-state index in [1.54, 1.807) is 0 Å². The molecule has 1 aliphatic rings. The Balaban J connectivity index is 0.00000288. The molecular weight excluding hydrogens is 324 g/mol. The van der Waals surface area contributed by atoms with Crippen molar-refractivity contribution in [1.29, 1.82) is 0 Å². The summed E-state index contributed by atoms with van der Waals surface area (Å²) in [5, 5.41) is 3.19. The van der Waals surface area contributed by atoms with Gasteiger partial charge in [0.25, 0.3) is 0 Å². The Labute approximate surface area is 151 Å². The lowest BCUT2D eigenvalue weighted by molar-refractivity contribution is -0.136. The molecule has 3 N–H and O–H groups in total. The van der Waals surface area contributed by atoms with Gasteiger partial charge in [-0.05, 0) is 37.2 Å². The van der Waals surface area contributed by atoms with E-state index in [1.807, 2.05) is 6.07 Å². The highest BCUT2D eigenvalue weighted by molar-refractivity contribution is 5.85. The van der Waals surface area contributed by atoms with Crippen LogP contribution in [0, 0.1) is 5.41 Å². The molecule has 1 atom stereocenters. The van der Waals surface area contributed by atoms with Gasteiger partial charge >= 0.3 is 0 Å². The van der Waals surface area contributed by atoms with Gasteiger partial charge in [0, 0.05) is 25.8 Å². The molecule has 0 radical (unpaired) electrons. The number of carbonyl (C=O) groups excluding carboxylic acids is 1. The maximum Gasteiger partial charge on any atom is 0.227 e. The Kier molecular flexibility index (Phi) is 7.71. The van der Waals surface area contributed by atoms with Crippen LogP contribution in [0.2, 0.25) is 0 Å². The molecule has 1 aromatic rings. The predicted molar refractivity (Wildman–Crippen MR) is 100 cm³/mol. The molecule has 0 saturated carbocycles. The van der Waals surface area contributed by atoms with E-state index in [2.05, 4.69) is 50.4 Å². The minimum absolute atomic E-state index is 0. The van der Waals surface area contributed by atoms with Crippen LogP contribution in [0.3, 0.4) is 0 Å². The van der Waals surface area contributed by atoms with E-state index >= 15 is 0 Å². The van der Waals surface area contributed by atoms with Crippen molar-refractivity contribution in [1.82, 2.24) is 5.32 Å². The summed E-state index contributed by atoms with van der Waals surface area (Å²) < 4.78 is 5.38. The number of carbonyl (C=O) groups is 1. The van der Waals surface area contributed by atoms with Crippen molar-refractivity contribution >= 4 is 18.3 Å². The first-order chi connectivity index (χ1) is 10.9. The van der Waals surface area contributed by atoms with E-state index in [-0.39, 0.29) is 29.8 Å². The fourth-order valence-electron chi connectivity index (χ4n) is 3.49. The van der Waals surface area contributed by atoms with Crippen LogP contribution < -0.4 is 11.1 Å². The third-order valence-electron chi connectivity index (χ3n) is 5.07. The van der Waals surface area contributed by atoms with E-state index in [1.165, 1.54) is 5.56 Å². The van der Waals surface area contributed by atoms with Gasteiger partial charge in [-0.15, -0.1) is 12.4 Å². The quantitative estimate of drug-likeness (QED) is 0.825. The second-order valence-electron chi connectivity index (χ2n) is 7.43. The van der Waals surface area contributed by atoms with Crippen molar-refractivity contribution in [3.05, 3.63) is 35.9 Å². The summed E-state index contributed by atoms with van der Waals surface area (Å²) in [7, 11) is 0. The second-order valence-corrected chi connectivity index (χ2v) is 7.43. The molecule has 1 heterocycles. The highest BCUT2D eigenvalue weighted by Gasteiger charge is 2.39. The van der Waals surface area contributed by atoms with Gasteiger partial charge in [-0.25, -0.2) is 0 Å². The number of ether oxygens (including phenoxy) is 1. The number of benzene rings is 1. The fourth-order valence-corrected chi connectivity index (χ4v) is 3.49. The zero-order chi connectivity index (χ0) is 16.9. The van der Waals surface area contributed by atoms with E-state index in [4.69, 9.17) is 10.5 Å². The zero-order valence-corrected chi connectivity index (χ0v) is 15.8. The van der Waals surface area contributed by atoms with Gasteiger partial charge in [-0.1, -0.05) is 44.2 Å². The minimum Gasteiger partial charge on any atom is -0.381 e. The largest absolute Gasteiger partial charge is 0.381 e. The topological polar surface area (TPSA) is 64.4 Å². The lowest BCUT2D eigenvalue weighted by Gasteiger charge is -2.36. The molecule has 24 heavy (non-hydrogen) atoms. The lowest BCUT2D eigenvalue weighted by Crippen LogP contribution is -2.52. The van der Waals surface area contributed by atoms with Crippen LogP contribution in [0.5, 0.6) is 0 Å². The molecular formula is C19H31ClN2O2. The maximum atomic E-state index is 12.7. The van der Waals surface area contributed by atoms with Gasteiger partial charge in [-0.3, -0.25) is 4.79 Å². The number of rotatable bonds is 6.